The lowest BCUT2D eigenvalue weighted by molar-refractivity contribution is -0.183. The predicted octanol–water partition coefficient (Wildman–Crippen LogP) is 1.84. The van der Waals surface area contributed by atoms with Gasteiger partial charge in [0.25, 0.3) is 0 Å². The van der Waals surface area contributed by atoms with Crippen LogP contribution in [0.15, 0.2) is 18.2 Å². The van der Waals surface area contributed by atoms with E-state index in [1.54, 1.807) is 18.2 Å². The van der Waals surface area contributed by atoms with Gasteiger partial charge in [-0.3, -0.25) is 0 Å². The van der Waals surface area contributed by atoms with Crippen molar-refractivity contribution in [3.63, 3.8) is 0 Å². The fraction of sp³-hybridized carbons (Fsp3) is 0.455. The van der Waals surface area contributed by atoms with Gasteiger partial charge in [0.2, 0.25) is 0 Å². The Kier molecular flexibility index (Phi) is 3.08. The van der Waals surface area contributed by atoms with Crippen LogP contribution in [0.3, 0.4) is 0 Å². The standard InChI is InChI=1S/C11H14O4/c1-13-9-5-2-4-8(10(9)12)11-14-6-3-7-15-11/h2,4-5,11-12H,3,6-7H2,1H3. The molecule has 1 aliphatic heterocycles. The fourth-order valence-corrected chi connectivity index (χ4v) is 1.56. The van der Waals surface area contributed by atoms with Gasteiger partial charge in [-0.1, -0.05) is 6.07 Å². The molecule has 15 heavy (non-hydrogen) atoms. The third-order valence-electron chi connectivity index (χ3n) is 2.33. The van der Waals surface area contributed by atoms with Crippen LogP contribution in [-0.4, -0.2) is 25.4 Å². The first-order chi connectivity index (χ1) is 7.33. The molecule has 0 bridgehead atoms. The summed E-state index contributed by atoms with van der Waals surface area (Å²) in [5.74, 6) is 0.525. The van der Waals surface area contributed by atoms with Gasteiger partial charge >= 0.3 is 0 Å². The summed E-state index contributed by atoms with van der Waals surface area (Å²) in [4.78, 5) is 0. The first kappa shape index (κ1) is 10.3. The Balaban J connectivity index is 2.26. The van der Waals surface area contributed by atoms with E-state index in [1.807, 2.05) is 0 Å². The number of methoxy groups -OCH3 is 1. The zero-order valence-corrected chi connectivity index (χ0v) is 8.60. The predicted molar refractivity (Wildman–Crippen MR) is 53.9 cm³/mol. The highest BCUT2D eigenvalue weighted by atomic mass is 16.7. The molecule has 0 unspecified atom stereocenters. The molecular weight excluding hydrogens is 196 g/mol. The SMILES string of the molecule is COc1cccc(C2OCCCO2)c1O. The second-order valence-electron chi connectivity index (χ2n) is 3.33. The van der Waals surface area contributed by atoms with Crippen LogP contribution in [0.2, 0.25) is 0 Å². The quantitative estimate of drug-likeness (QED) is 0.809. The lowest BCUT2D eigenvalue weighted by Crippen LogP contribution is -2.17. The summed E-state index contributed by atoms with van der Waals surface area (Å²) >= 11 is 0. The highest BCUT2D eigenvalue weighted by Gasteiger charge is 2.21. The minimum absolute atomic E-state index is 0.0897. The van der Waals surface area contributed by atoms with Crippen molar-refractivity contribution in [1.29, 1.82) is 0 Å². The number of ether oxygens (including phenoxy) is 3. The van der Waals surface area contributed by atoms with Crippen molar-refractivity contribution >= 4 is 0 Å². The Morgan fingerprint density at radius 1 is 1.33 bits per heavy atom. The van der Waals surface area contributed by atoms with Gasteiger partial charge in [-0.2, -0.15) is 0 Å². The van der Waals surface area contributed by atoms with Crippen LogP contribution in [0.5, 0.6) is 11.5 Å². The van der Waals surface area contributed by atoms with Gasteiger partial charge in [0.15, 0.2) is 17.8 Å². The number of hydrogen-bond acceptors (Lipinski definition) is 4. The molecule has 82 valence electrons. The molecule has 1 saturated heterocycles. The molecule has 1 aliphatic rings. The monoisotopic (exact) mass is 210 g/mol. The number of phenols is 1. The van der Waals surface area contributed by atoms with Crippen molar-refractivity contribution in [1.82, 2.24) is 0 Å². The topological polar surface area (TPSA) is 47.9 Å². The first-order valence-corrected chi connectivity index (χ1v) is 4.92. The second kappa shape index (κ2) is 4.51. The average molecular weight is 210 g/mol. The molecule has 2 rings (SSSR count). The van der Waals surface area contributed by atoms with Crippen LogP contribution < -0.4 is 4.74 Å². The molecule has 0 atom stereocenters. The zero-order chi connectivity index (χ0) is 10.7. The number of aromatic hydroxyl groups is 1. The summed E-state index contributed by atoms with van der Waals surface area (Å²) in [5.41, 5.74) is 0.619. The minimum Gasteiger partial charge on any atom is -0.504 e. The van der Waals surface area contributed by atoms with E-state index in [9.17, 15) is 5.11 Å². The van der Waals surface area contributed by atoms with E-state index in [1.165, 1.54) is 7.11 Å². The van der Waals surface area contributed by atoms with Gasteiger partial charge in [-0.25, -0.2) is 0 Å². The number of phenolic OH excluding ortho intramolecular Hbond substituents is 1. The molecule has 1 N–H and O–H groups in total. The lowest BCUT2D eigenvalue weighted by Gasteiger charge is -2.24. The van der Waals surface area contributed by atoms with Crippen molar-refractivity contribution in [2.24, 2.45) is 0 Å². The summed E-state index contributed by atoms with van der Waals surface area (Å²) < 4.78 is 15.8. The number of rotatable bonds is 2. The van der Waals surface area contributed by atoms with Crippen LogP contribution in [0.25, 0.3) is 0 Å². The van der Waals surface area contributed by atoms with Crippen LogP contribution in [-0.2, 0) is 9.47 Å². The van der Waals surface area contributed by atoms with Gasteiger partial charge in [0.05, 0.1) is 25.9 Å². The Bertz CT molecular complexity index is 331. The number of benzene rings is 1. The average Bonchev–Trinajstić information content (AvgIpc) is 2.30. The van der Waals surface area contributed by atoms with Crippen LogP contribution >= 0.6 is 0 Å². The number of hydrogen-bond donors (Lipinski definition) is 1. The Labute approximate surface area is 88.4 Å². The molecule has 1 aromatic carbocycles. The molecule has 1 aromatic rings. The van der Waals surface area contributed by atoms with Crippen molar-refractivity contribution in [2.75, 3.05) is 20.3 Å². The van der Waals surface area contributed by atoms with Crippen molar-refractivity contribution in [3.05, 3.63) is 23.8 Å². The van der Waals surface area contributed by atoms with E-state index < -0.39 is 6.29 Å². The molecule has 0 radical (unpaired) electrons. The molecule has 0 spiro atoms. The normalized spacial score (nSPS) is 17.7. The molecule has 0 saturated carbocycles. The summed E-state index contributed by atoms with van der Waals surface area (Å²) in [7, 11) is 1.52. The maximum atomic E-state index is 9.86. The molecule has 1 heterocycles. The Morgan fingerprint density at radius 2 is 2.07 bits per heavy atom. The third kappa shape index (κ3) is 2.06. The molecule has 0 aromatic heterocycles. The Morgan fingerprint density at radius 3 is 2.73 bits per heavy atom. The molecular formula is C11H14O4. The van der Waals surface area contributed by atoms with Gasteiger partial charge in [0, 0.05) is 0 Å². The second-order valence-corrected chi connectivity index (χ2v) is 3.33. The van der Waals surface area contributed by atoms with E-state index in [4.69, 9.17) is 14.2 Å². The van der Waals surface area contributed by atoms with E-state index in [0.29, 0.717) is 24.5 Å². The van der Waals surface area contributed by atoms with Gasteiger partial charge in [-0.15, -0.1) is 0 Å². The van der Waals surface area contributed by atoms with Gasteiger partial charge in [-0.05, 0) is 18.6 Å². The lowest BCUT2D eigenvalue weighted by atomic mass is 10.1. The van der Waals surface area contributed by atoms with E-state index in [2.05, 4.69) is 0 Å². The van der Waals surface area contributed by atoms with E-state index in [0.717, 1.165) is 6.42 Å². The maximum Gasteiger partial charge on any atom is 0.187 e. The maximum absolute atomic E-state index is 9.86. The summed E-state index contributed by atoms with van der Waals surface area (Å²) in [6.45, 7) is 1.31. The smallest absolute Gasteiger partial charge is 0.187 e. The van der Waals surface area contributed by atoms with Crippen molar-refractivity contribution in [3.8, 4) is 11.5 Å². The highest BCUT2D eigenvalue weighted by molar-refractivity contribution is 5.45. The number of para-hydroxylation sites is 1. The molecule has 0 aliphatic carbocycles. The third-order valence-corrected chi connectivity index (χ3v) is 2.33. The minimum atomic E-state index is -0.478. The zero-order valence-electron chi connectivity index (χ0n) is 8.60. The van der Waals surface area contributed by atoms with Gasteiger partial charge < -0.3 is 19.3 Å². The van der Waals surface area contributed by atoms with Crippen molar-refractivity contribution in [2.45, 2.75) is 12.7 Å². The molecule has 1 fully saturated rings. The largest absolute Gasteiger partial charge is 0.504 e. The summed E-state index contributed by atoms with van der Waals surface area (Å²) in [6.07, 6.45) is 0.412. The first-order valence-electron chi connectivity index (χ1n) is 4.92. The summed E-state index contributed by atoms with van der Waals surface area (Å²) in [5, 5.41) is 9.86. The van der Waals surface area contributed by atoms with E-state index in [-0.39, 0.29) is 5.75 Å². The van der Waals surface area contributed by atoms with Crippen LogP contribution in [0, 0.1) is 0 Å². The van der Waals surface area contributed by atoms with Crippen molar-refractivity contribution < 1.29 is 19.3 Å². The van der Waals surface area contributed by atoms with Crippen LogP contribution in [0.1, 0.15) is 18.3 Å². The fourth-order valence-electron chi connectivity index (χ4n) is 1.56. The van der Waals surface area contributed by atoms with Gasteiger partial charge in [0.1, 0.15) is 0 Å². The Hall–Kier alpha value is -1.26. The highest BCUT2D eigenvalue weighted by Crippen LogP contribution is 2.36. The molecule has 4 nitrogen and oxygen atoms in total. The summed E-state index contributed by atoms with van der Waals surface area (Å²) in [6, 6.07) is 5.27. The molecule has 4 heteroatoms. The molecule has 0 amide bonds. The van der Waals surface area contributed by atoms with Crippen LogP contribution in [0.4, 0.5) is 0 Å². The van der Waals surface area contributed by atoms with E-state index >= 15 is 0 Å².